The lowest BCUT2D eigenvalue weighted by atomic mass is 10.1. The highest BCUT2D eigenvalue weighted by Crippen LogP contribution is 2.22. The van der Waals surface area contributed by atoms with E-state index in [1.165, 1.54) is 34.1 Å². The van der Waals surface area contributed by atoms with Gasteiger partial charge in [-0.15, -0.1) is 0 Å². The third kappa shape index (κ3) is 2.76. The number of hydrogen-bond donors (Lipinski definition) is 2. The summed E-state index contributed by atoms with van der Waals surface area (Å²) in [6.45, 7) is 7.20. The first-order valence-corrected chi connectivity index (χ1v) is 7.90. The van der Waals surface area contributed by atoms with Gasteiger partial charge >= 0.3 is 0 Å². The van der Waals surface area contributed by atoms with E-state index in [0.29, 0.717) is 5.69 Å². The Kier molecular flexibility index (Phi) is 4.22. The van der Waals surface area contributed by atoms with E-state index in [2.05, 4.69) is 6.92 Å². The van der Waals surface area contributed by atoms with Crippen LogP contribution in [-0.4, -0.2) is 50.6 Å². The summed E-state index contributed by atoms with van der Waals surface area (Å²) in [5, 5.41) is 0. The molecule has 2 aliphatic rings. The van der Waals surface area contributed by atoms with Crippen molar-refractivity contribution in [2.45, 2.75) is 19.4 Å². The third-order valence-corrected chi connectivity index (χ3v) is 4.82. The number of anilines is 1. The zero-order chi connectivity index (χ0) is 15.7. The van der Waals surface area contributed by atoms with E-state index in [1.54, 1.807) is 4.90 Å². The van der Waals surface area contributed by atoms with Gasteiger partial charge in [-0.05, 0) is 31.2 Å². The van der Waals surface area contributed by atoms with E-state index < -0.39 is 0 Å². The average molecular weight is 307 g/mol. The van der Waals surface area contributed by atoms with Crippen molar-refractivity contribution in [2.75, 3.05) is 37.6 Å². The van der Waals surface area contributed by atoms with Gasteiger partial charge in [0.15, 0.2) is 6.04 Å². The molecule has 0 bridgehead atoms. The van der Waals surface area contributed by atoms with Gasteiger partial charge in [-0.1, -0.05) is 0 Å². The van der Waals surface area contributed by atoms with Gasteiger partial charge in [0.25, 0.3) is 5.91 Å². The predicted octanol–water partition coefficient (Wildman–Crippen LogP) is -1.74. The van der Waals surface area contributed by atoms with E-state index in [9.17, 15) is 14.0 Å². The van der Waals surface area contributed by atoms with Crippen molar-refractivity contribution in [2.24, 2.45) is 0 Å². The fourth-order valence-electron chi connectivity index (χ4n) is 3.44. The van der Waals surface area contributed by atoms with Crippen LogP contribution in [0.15, 0.2) is 24.3 Å². The van der Waals surface area contributed by atoms with Crippen LogP contribution >= 0.6 is 0 Å². The van der Waals surface area contributed by atoms with Crippen LogP contribution in [0.2, 0.25) is 0 Å². The van der Waals surface area contributed by atoms with Crippen molar-refractivity contribution < 1.29 is 23.8 Å². The molecule has 2 saturated heterocycles. The number of halogens is 1. The van der Waals surface area contributed by atoms with Crippen molar-refractivity contribution in [3.63, 3.8) is 0 Å². The Morgan fingerprint density at radius 3 is 2.36 bits per heavy atom. The highest BCUT2D eigenvalue weighted by Gasteiger charge is 2.46. The molecule has 2 aliphatic heterocycles. The van der Waals surface area contributed by atoms with E-state index in [4.69, 9.17) is 0 Å². The number of nitrogens with zero attached hydrogens (tertiary/aromatic N) is 1. The molecular weight excluding hydrogens is 285 g/mol. The molecule has 1 aromatic rings. The highest BCUT2D eigenvalue weighted by molar-refractivity contribution is 6.21. The van der Waals surface area contributed by atoms with Gasteiger partial charge in [-0.25, -0.2) is 9.29 Å². The van der Waals surface area contributed by atoms with Crippen LogP contribution in [-0.2, 0) is 9.59 Å². The summed E-state index contributed by atoms with van der Waals surface area (Å²) in [5.41, 5.74) is 0.469. The van der Waals surface area contributed by atoms with Crippen LogP contribution in [0.3, 0.4) is 0 Å². The quantitative estimate of drug-likeness (QED) is 0.652. The van der Waals surface area contributed by atoms with Crippen molar-refractivity contribution in [1.82, 2.24) is 0 Å². The molecule has 0 unspecified atom stereocenters. The monoisotopic (exact) mass is 307 g/mol. The van der Waals surface area contributed by atoms with E-state index in [-0.39, 0.29) is 30.1 Å². The van der Waals surface area contributed by atoms with Gasteiger partial charge in [0, 0.05) is 0 Å². The summed E-state index contributed by atoms with van der Waals surface area (Å²) < 4.78 is 13.0. The Bertz CT molecular complexity index is 567. The summed E-state index contributed by atoms with van der Waals surface area (Å²) in [6.07, 6.45) is 0.257. The number of nitrogens with one attached hydrogen (secondary N) is 2. The SMILES string of the molecule is CC[NH+]1CC[NH+]([C@H]2CC(=O)N(c3ccc(F)cc3)C2=O)CC1. The molecule has 3 rings (SSSR count). The molecular formula is C16H22FN3O2+2. The molecule has 6 heteroatoms. The molecule has 2 fully saturated rings. The summed E-state index contributed by atoms with van der Waals surface area (Å²) in [7, 11) is 0. The first kappa shape index (κ1) is 15.1. The normalized spacial score (nSPS) is 29.2. The summed E-state index contributed by atoms with van der Waals surface area (Å²) in [5.74, 6) is -0.699. The molecule has 22 heavy (non-hydrogen) atoms. The summed E-state index contributed by atoms with van der Waals surface area (Å²) >= 11 is 0. The fourth-order valence-corrected chi connectivity index (χ4v) is 3.44. The smallest absolute Gasteiger partial charge is 0.292 e. The number of benzene rings is 1. The van der Waals surface area contributed by atoms with Crippen molar-refractivity contribution in [1.29, 1.82) is 0 Å². The van der Waals surface area contributed by atoms with E-state index in [1.807, 2.05) is 0 Å². The second-order valence-electron chi connectivity index (χ2n) is 6.06. The molecule has 0 radical (unpaired) electrons. The lowest BCUT2D eigenvalue weighted by Crippen LogP contribution is -3.29. The molecule has 1 aromatic carbocycles. The van der Waals surface area contributed by atoms with Crippen LogP contribution in [0.5, 0.6) is 0 Å². The Balaban J connectivity index is 1.73. The first-order valence-electron chi connectivity index (χ1n) is 7.90. The summed E-state index contributed by atoms with van der Waals surface area (Å²) in [4.78, 5) is 28.9. The Morgan fingerprint density at radius 1 is 1.14 bits per heavy atom. The molecule has 0 spiro atoms. The Morgan fingerprint density at radius 2 is 1.77 bits per heavy atom. The molecule has 5 nitrogen and oxygen atoms in total. The average Bonchev–Trinajstić information content (AvgIpc) is 2.83. The third-order valence-electron chi connectivity index (χ3n) is 4.82. The number of rotatable bonds is 3. The zero-order valence-corrected chi connectivity index (χ0v) is 12.8. The second kappa shape index (κ2) is 6.14. The fraction of sp³-hybridized carbons (Fsp3) is 0.500. The topological polar surface area (TPSA) is 46.3 Å². The molecule has 0 aromatic heterocycles. The molecule has 2 N–H and O–H groups in total. The number of carbonyl (C=O) groups is 2. The molecule has 118 valence electrons. The minimum atomic E-state index is -0.372. The number of quaternary nitrogens is 2. The van der Waals surface area contributed by atoms with Gasteiger partial charge in [0.2, 0.25) is 5.91 Å². The number of likely N-dealkylation sites (N-methyl/N-ethyl adjacent to an activating group) is 1. The number of imide groups is 1. The molecule has 0 aliphatic carbocycles. The van der Waals surface area contributed by atoms with Crippen LogP contribution in [0, 0.1) is 5.82 Å². The van der Waals surface area contributed by atoms with Gasteiger partial charge in [0.1, 0.15) is 32.0 Å². The Hall–Kier alpha value is -1.79. The van der Waals surface area contributed by atoms with Crippen LogP contribution < -0.4 is 14.7 Å². The summed E-state index contributed by atoms with van der Waals surface area (Å²) in [6, 6.07) is 5.25. The standard InChI is InChI=1S/C16H20FN3O2/c1-2-18-7-9-19(10-8-18)14-11-15(21)20(16(14)22)13-5-3-12(17)4-6-13/h3-6,14H,2,7-11H2,1H3/p+2/t14-/m0/s1. The predicted molar refractivity (Wildman–Crippen MR) is 79.2 cm³/mol. The molecule has 2 amide bonds. The minimum absolute atomic E-state index is 0.147. The van der Waals surface area contributed by atoms with Crippen molar-refractivity contribution >= 4 is 17.5 Å². The number of hydrogen-bond acceptors (Lipinski definition) is 2. The van der Waals surface area contributed by atoms with Gasteiger partial charge in [-0.3, -0.25) is 9.59 Å². The maximum absolute atomic E-state index is 13.0. The van der Waals surface area contributed by atoms with Crippen LogP contribution in [0.4, 0.5) is 10.1 Å². The van der Waals surface area contributed by atoms with Crippen molar-refractivity contribution in [3.05, 3.63) is 30.1 Å². The maximum Gasteiger partial charge on any atom is 0.292 e. The molecule has 0 saturated carbocycles. The largest absolute Gasteiger partial charge is 0.326 e. The minimum Gasteiger partial charge on any atom is -0.326 e. The number of carbonyl (C=O) groups excluding carboxylic acids is 2. The second-order valence-corrected chi connectivity index (χ2v) is 6.06. The highest BCUT2D eigenvalue weighted by atomic mass is 19.1. The maximum atomic E-state index is 13.0. The zero-order valence-electron chi connectivity index (χ0n) is 12.8. The lowest BCUT2D eigenvalue weighted by Gasteiger charge is -2.31. The van der Waals surface area contributed by atoms with Gasteiger partial charge in [-0.2, -0.15) is 0 Å². The van der Waals surface area contributed by atoms with Crippen molar-refractivity contribution in [3.8, 4) is 0 Å². The van der Waals surface area contributed by atoms with E-state index >= 15 is 0 Å². The first-order chi connectivity index (χ1) is 10.6. The lowest BCUT2D eigenvalue weighted by molar-refractivity contribution is -1.02. The van der Waals surface area contributed by atoms with Gasteiger partial charge in [0.05, 0.1) is 18.7 Å². The van der Waals surface area contributed by atoms with Gasteiger partial charge < -0.3 is 9.80 Å². The van der Waals surface area contributed by atoms with Crippen LogP contribution in [0.1, 0.15) is 13.3 Å². The van der Waals surface area contributed by atoms with E-state index in [0.717, 1.165) is 32.7 Å². The molecule has 1 atom stereocenters. The Labute approximate surface area is 129 Å². The number of amides is 2. The molecule has 2 heterocycles. The number of piperazine rings is 1. The van der Waals surface area contributed by atoms with Crippen LogP contribution in [0.25, 0.3) is 0 Å².